The SMILES string of the molecule is CC(C)(C)C(COc1ccccc1F)NC(=O)CSCc1ccncc1. The van der Waals surface area contributed by atoms with Gasteiger partial charge in [-0.1, -0.05) is 32.9 Å². The molecule has 0 aliphatic carbocycles. The topological polar surface area (TPSA) is 51.2 Å². The highest BCUT2D eigenvalue weighted by Gasteiger charge is 2.27. The monoisotopic (exact) mass is 376 g/mol. The first-order valence-electron chi connectivity index (χ1n) is 8.49. The van der Waals surface area contributed by atoms with Crippen molar-refractivity contribution < 1.29 is 13.9 Å². The molecule has 0 spiro atoms. The fourth-order valence-electron chi connectivity index (χ4n) is 2.22. The molecule has 26 heavy (non-hydrogen) atoms. The van der Waals surface area contributed by atoms with E-state index in [1.165, 1.54) is 6.07 Å². The zero-order chi connectivity index (χ0) is 19.0. The third-order valence-electron chi connectivity index (χ3n) is 3.87. The van der Waals surface area contributed by atoms with E-state index in [1.807, 2.05) is 32.9 Å². The average Bonchev–Trinajstić information content (AvgIpc) is 2.60. The number of ether oxygens (including phenoxy) is 1. The van der Waals surface area contributed by atoms with E-state index in [1.54, 1.807) is 42.4 Å². The van der Waals surface area contributed by atoms with Crippen molar-refractivity contribution in [3.8, 4) is 5.75 Å². The van der Waals surface area contributed by atoms with Gasteiger partial charge in [0, 0.05) is 18.1 Å². The lowest BCUT2D eigenvalue weighted by Crippen LogP contribution is -2.48. The Morgan fingerprint density at radius 3 is 2.58 bits per heavy atom. The molecule has 1 aromatic carbocycles. The van der Waals surface area contributed by atoms with Gasteiger partial charge < -0.3 is 10.1 Å². The van der Waals surface area contributed by atoms with E-state index < -0.39 is 5.82 Å². The Morgan fingerprint density at radius 2 is 1.92 bits per heavy atom. The highest BCUT2D eigenvalue weighted by atomic mass is 32.2. The van der Waals surface area contributed by atoms with Crippen LogP contribution in [0.1, 0.15) is 26.3 Å². The quantitative estimate of drug-likeness (QED) is 0.755. The summed E-state index contributed by atoms with van der Waals surface area (Å²) in [6.07, 6.45) is 3.48. The van der Waals surface area contributed by atoms with Gasteiger partial charge in [-0.3, -0.25) is 9.78 Å². The zero-order valence-electron chi connectivity index (χ0n) is 15.4. The number of nitrogens with one attached hydrogen (secondary N) is 1. The van der Waals surface area contributed by atoms with Crippen LogP contribution in [0.25, 0.3) is 0 Å². The molecule has 0 aliphatic rings. The van der Waals surface area contributed by atoms with E-state index in [9.17, 15) is 9.18 Å². The van der Waals surface area contributed by atoms with Gasteiger partial charge in [0.2, 0.25) is 5.91 Å². The smallest absolute Gasteiger partial charge is 0.230 e. The predicted octanol–water partition coefficient (Wildman–Crippen LogP) is 4.06. The van der Waals surface area contributed by atoms with Crippen LogP contribution in [-0.4, -0.2) is 29.3 Å². The van der Waals surface area contributed by atoms with E-state index in [-0.39, 0.29) is 29.7 Å². The lowest BCUT2D eigenvalue weighted by Gasteiger charge is -2.31. The number of para-hydroxylation sites is 1. The summed E-state index contributed by atoms with van der Waals surface area (Å²) >= 11 is 1.54. The summed E-state index contributed by atoms with van der Waals surface area (Å²) in [6, 6.07) is 9.92. The Labute approximate surface area is 158 Å². The summed E-state index contributed by atoms with van der Waals surface area (Å²) in [4.78, 5) is 16.3. The number of thioether (sulfide) groups is 1. The summed E-state index contributed by atoms with van der Waals surface area (Å²) in [7, 11) is 0. The molecule has 4 nitrogen and oxygen atoms in total. The number of nitrogens with zero attached hydrogens (tertiary/aromatic N) is 1. The van der Waals surface area contributed by atoms with Gasteiger partial charge in [-0.15, -0.1) is 11.8 Å². The largest absolute Gasteiger partial charge is 0.488 e. The average molecular weight is 376 g/mol. The Bertz CT molecular complexity index is 704. The minimum atomic E-state index is -0.403. The molecule has 0 saturated carbocycles. The van der Waals surface area contributed by atoms with Crippen LogP contribution in [0.2, 0.25) is 0 Å². The first-order chi connectivity index (χ1) is 12.4. The van der Waals surface area contributed by atoms with Crippen LogP contribution in [0.15, 0.2) is 48.8 Å². The van der Waals surface area contributed by atoms with Crippen LogP contribution in [0.3, 0.4) is 0 Å². The third-order valence-corrected chi connectivity index (χ3v) is 4.88. The maximum Gasteiger partial charge on any atom is 0.230 e. The molecule has 1 atom stereocenters. The van der Waals surface area contributed by atoms with E-state index in [4.69, 9.17) is 4.74 Å². The molecule has 0 radical (unpaired) electrons. The maximum atomic E-state index is 13.7. The number of halogens is 1. The van der Waals surface area contributed by atoms with Gasteiger partial charge >= 0.3 is 0 Å². The highest BCUT2D eigenvalue weighted by molar-refractivity contribution is 7.99. The predicted molar refractivity (Wildman–Crippen MR) is 104 cm³/mol. The summed E-state index contributed by atoms with van der Waals surface area (Å²) in [5, 5.41) is 3.01. The van der Waals surface area contributed by atoms with Crippen LogP contribution in [0, 0.1) is 11.2 Å². The minimum Gasteiger partial charge on any atom is -0.488 e. The van der Waals surface area contributed by atoms with Gasteiger partial charge in [-0.05, 0) is 35.2 Å². The number of benzene rings is 1. The van der Waals surface area contributed by atoms with Gasteiger partial charge in [-0.2, -0.15) is 0 Å². The lowest BCUT2D eigenvalue weighted by molar-refractivity contribution is -0.120. The Balaban J connectivity index is 1.84. The Morgan fingerprint density at radius 1 is 1.23 bits per heavy atom. The standard InChI is InChI=1S/C20H25FN2O2S/c1-20(2,3)18(12-25-17-7-5-4-6-16(17)21)23-19(24)14-26-13-15-8-10-22-11-9-15/h4-11,18H,12-14H2,1-3H3,(H,23,24). The van der Waals surface area contributed by atoms with Crippen molar-refractivity contribution in [2.24, 2.45) is 5.41 Å². The molecular weight excluding hydrogens is 351 g/mol. The number of aromatic nitrogens is 1. The second kappa shape index (κ2) is 9.57. The van der Waals surface area contributed by atoms with Crippen molar-refractivity contribution >= 4 is 17.7 Å². The van der Waals surface area contributed by atoms with Crippen LogP contribution in [-0.2, 0) is 10.5 Å². The summed E-state index contributed by atoms with van der Waals surface area (Å²) in [6.45, 7) is 6.28. The summed E-state index contributed by atoms with van der Waals surface area (Å²) < 4.78 is 19.3. The zero-order valence-corrected chi connectivity index (χ0v) is 16.2. The van der Waals surface area contributed by atoms with Crippen LogP contribution >= 0.6 is 11.8 Å². The molecule has 0 saturated heterocycles. The van der Waals surface area contributed by atoms with Crippen molar-refractivity contribution in [3.63, 3.8) is 0 Å². The molecule has 0 bridgehead atoms. The number of hydrogen-bond donors (Lipinski definition) is 1. The van der Waals surface area contributed by atoms with E-state index in [2.05, 4.69) is 10.3 Å². The molecule has 0 aliphatic heterocycles. The Kier molecular flexibility index (Phi) is 7.45. The number of amides is 1. The molecule has 1 N–H and O–H groups in total. The lowest BCUT2D eigenvalue weighted by atomic mass is 9.87. The van der Waals surface area contributed by atoms with E-state index in [0.29, 0.717) is 5.75 Å². The van der Waals surface area contributed by atoms with Crippen molar-refractivity contribution in [2.75, 3.05) is 12.4 Å². The maximum absolute atomic E-state index is 13.7. The van der Waals surface area contributed by atoms with Gasteiger partial charge in [0.25, 0.3) is 0 Å². The fourth-order valence-corrected chi connectivity index (χ4v) is 3.02. The van der Waals surface area contributed by atoms with Crippen LogP contribution < -0.4 is 10.1 Å². The van der Waals surface area contributed by atoms with Crippen LogP contribution in [0.4, 0.5) is 4.39 Å². The molecule has 1 amide bonds. The third kappa shape index (κ3) is 6.67. The minimum absolute atomic E-state index is 0.0545. The molecule has 1 aromatic heterocycles. The second-order valence-corrected chi connectivity index (χ2v) is 8.06. The van der Waals surface area contributed by atoms with E-state index in [0.717, 1.165) is 11.3 Å². The first kappa shape index (κ1) is 20.2. The number of hydrogen-bond acceptors (Lipinski definition) is 4. The van der Waals surface area contributed by atoms with E-state index >= 15 is 0 Å². The highest BCUT2D eigenvalue weighted by Crippen LogP contribution is 2.22. The number of carbonyl (C=O) groups excluding carboxylic acids is 1. The molecule has 1 heterocycles. The van der Waals surface area contributed by atoms with Gasteiger partial charge in [-0.25, -0.2) is 4.39 Å². The number of carbonyl (C=O) groups is 1. The van der Waals surface area contributed by atoms with Gasteiger partial charge in [0.1, 0.15) is 6.61 Å². The summed E-state index contributed by atoms with van der Waals surface area (Å²) in [5.41, 5.74) is 0.921. The number of pyridine rings is 1. The van der Waals surface area contributed by atoms with Crippen molar-refractivity contribution in [2.45, 2.75) is 32.6 Å². The molecule has 6 heteroatoms. The first-order valence-corrected chi connectivity index (χ1v) is 9.65. The van der Waals surface area contributed by atoms with Crippen LogP contribution in [0.5, 0.6) is 5.75 Å². The van der Waals surface area contributed by atoms with Gasteiger partial charge in [0.05, 0.1) is 11.8 Å². The normalized spacial score (nSPS) is 12.5. The second-order valence-electron chi connectivity index (χ2n) is 7.08. The molecule has 2 aromatic rings. The molecule has 140 valence electrons. The molecule has 0 fully saturated rings. The molecule has 1 unspecified atom stereocenters. The van der Waals surface area contributed by atoms with Gasteiger partial charge in [0.15, 0.2) is 11.6 Å². The van der Waals surface area contributed by atoms with Crippen molar-refractivity contribution in [1.29, 1.82) is 0 Å². The number of rotatable bonds is 8. The summed E-state index contributed by atoms with van der Waals surface area (Å²) in [5.74, 6) is 0.847. The van der Waals surface area contributed by atoms with Crippen molar-refractivity contribution in [1.82, 2.24) is 10.3 Å². The Hall–Kier alpha value is -2.08. The molecule has 2 rings (SSSR count). The fraction of sp³-hybridized carbons (Fsp3) is 0.400. The molecular formula is C20H25FN2O2S. The van der Waals surface area contributed by atoms with Crippen molar-refractivity contribution in [3.05, 3.63) is 60.2 Å².